The maximum Gasteiger partial charge on any atom is 0.192 e. The van der Waals surface area contributed by atoms with E-state index in [0.29, 0.717) is 19.7 Å². The van der Waals surface area contributed by atoms with E-state index >= 15 is 0 Å². The molecule has 2 N–H and O–H groups in total. The van der Waals surface area contributed by atoms with Crippen molar-refractivity contribution in [1.82, 2.24) is 25.4 Å². The summed E-state index contributed by atoms with van der Waals surface area (Å²) in [4.78, 5) is 4.83. The molecule has 2 heterocycles. The summed E-state index contributed by atoms with van der Waals surface area (Å²) in [5.41, 5.74) is 3.53. The molecule has 9 heteroatoms. The van der Waals surface area contributed by atoms with Crippen molar-refractivity contribution in [1.29, 1.82) is 0 Å². The number of nitrogens with one attached hydrogen (secondary N) is 2. The van der Waals surface area contributed by atoms with Gasteiger partial charge in [0.1, 0.15) is 23.9 Å². The quantitative estimate of drug-likeness (QED) is 0.253. The Labute approximate surface area is 218 Å². The summed E-state index contributed by atoms with van der Waals surface area (Å²) in [7, 11) is 3.67. The first kappa shape index (κ1) is 25.8. The van der Waals surface area contributed by atoms with E-state index in [2.05, 4.69) is 46.0 Å². The van der Waals surface area contributed by atoms with Crippen molar-refractivity contribution in [2.75, 3.05) is 20.3 Å². The lowest BCUT2D eigenvalue weighted by atomic mass is 10.0. The van der Waals surface area contributed by atoms with Crippen LogP contribution in [0.1, 0.15) is 40.8 Å². The highest BCUT2D eigenvalue weighted by atomic mass is 127. The number of hydrogen-bond donors (Lipinski definition) is 2. The number of halogens is 1. The smallest absolute Gasteiger partial charge is 0.192 e. The minimum atomic E-state index is 0. The summed E-state index contributed by atoms with van der Waals surface area (Å²) in [5, 5.41) is 15.5. The number of ether oxygens (including phenoxy) is 2. The number of benzene rings is 2. The molecule has 182 valence electrons. The molecule has 0 saturated heterocycles. The Hall–Kier alpha value is -2.82. The fourth-order valence-corrected chi connectivity index (χ4v) is 3.97. The summed E-state index contributed by atoms with van der Waals surface area (Å²) < 4.78 is 13.3. The number of fused-ring (bicyclic) bond motifs is 1. The molecule has 0 bridgehead atoms. The Bertz CT molecular complexity index is 1130. The number of methoxy groups -OCH3 is 1. The number of hydrogen-bond acceptors (Lipinski definition) is 5. The largest absolute Gasteiger partial charge is 0.496 e. The predicted octanol–water partition coefficient (Wildman–Crippen LogP) is 3.86. The fraction of sp³-hybridized carbons (Fsp3) is 0.400. The van der Waals surface area contributed by atoms with Gasteiger partial charge in [-0.2, -0.15) is 0 Å². The molecule has 1 atom stereocenters. The number of guanidine groups is 1. The van der Waals surface area contributed by atoms with Crippen LogP contribution in [0.25, 0.3) is 0 Å². The van der Waals surface area contributed by atoms with Gasteiger partial charge < -0.3 is 24.7 Å². The normalized spacial score (nSPS) is 15.1. The third kappa shape index (κ3) is 6.19. The number of aliphatic imine (C=N–C) groups is 1. The molecule has 1 aliphatic rings. The Morgan fingerprint density at radius 3 is 2.79 bits per heavy atom. The summed E-state index contributed by atoms with van der Waals surface area (Å²) in [6.45, 7) is 5.85. The lowest BCUT2D eigenvalue weighted by Gasteiger charge is -2.28. The first-order chi connectivity index (χ1) is 16.0. The van der Waals surface area contributed by atoms with Crippen LogP contribution in [0.15, 0.2) is 47.5 Å². The van der Waals surface area contributed by atoms with E-state index in [4.69, 9.17) is 14.5 Å². The topological polar surface area (TPSA) is 85.6 Å². The fourth-order valence-electron chi connectivity index (χ4n) is 3.97. The van der Waals surface area contributed by atoms with Gasteiger partial charge in [-0.25, -0.2) is 4.99 Å². The Balaban J connectivity index is 0.00000324. The maximum atomic E-state index is 5.82. The number of rotatable bonds is 7. The summed E-state index contributed by atoms with van der Waals surface area (Å²) in [6, 6.07) is 14.5. The third-order valence-electron chi connectivity index (χ3n) is 5.95. The molecular weight excluding hydrogens is 543 g/mol. The highest BCUT2D eigenvalue weighted by molar-refractivity contribution is 14.0. The molecule has 1 unspecified atom stereocenters. The zero-order chi connectivity index (χ0) is 23.2. The van der Waals surface area contributed by atoms with Crippen molar-refractivity contribution in [2.24, 2.45) is 12.0 Å². The van der Waals surface area contributed by atoms with E-state index in [1.165, 1.54) is 11.1 Å². The minimum Gasteiger partial charge on any atom is -0.496 e. The van der Waals surface area contributed by atoms with Crippen LogP contribution in [0.3, 0.4) is 0 Å². The van der Waals surface area contributed by atoms with Crippen molar-refractivity contribution in [3.05, 3.63) is 70.8 Å². The van der Waals surface area contributed by atoms with Gasteiger partial charge in [-0.05, 0) is 38.0 Å². The third-order valence-corrected chi connectivity index (χ3v) is 5.95. The van der Waals surface area contributed by atoms with Crippen LogP contribution in [-0.2, 0) is 20.0 Å². The van der Waals surface area contributed by atoms with Gasteiger partial charge in [-0.3, -0.25) is 0 Å². The van der Waals surface area contributed by atoms with Crippen LogP contribution in [0.5, 0.6) is 11.5 Å². The van der Waals surface area contributed by atoms with Gasteiger partial charge in [0.05, 0.1) is 19.8 Å². The molecule has 3 aromatic rings. The molecule has 1 aliphatic heterocycles. The van der Waals surface area contributed by atoms with Crippen LogP contribution >= 0.6 is 24.0 Å². The van der Waals surface area contributed by atoms with Crippen LogP contribution in [0.2, 0.25) is 0 Å². The van der Waals surface area contributed by atoms with Crippen molar-refractivity contribution < 1.29 is 9.47 Å². The standard InChI is InChI=1S/C25H32N6O2.HI/c1-17-9-10-22(32-4)19(15-17)11-13-26-25(27-16-24-30-29-18(2)31(24)3)28-21-12-14-33-23-8-6-5-7-20(21)23;/h5-10,15,21H,11-14,16H2,1-4H3,(H2,26,27,28);1H. The van der Waals surface area contributed by atoms with E-state index in [-0.39, 0.29) is 30.0 Å². The highest BCUT2D eigenvalue weighted by Gasteiger charge is 2.22. The van der Waals surface area contributed by atoms with Gasteiger partial charge >= 0.3 is 0 Å². The van der Waals surface area contributed by atoms with Gasteiger partial charge in [0.25, 0.3) is 0 Å². The lowest BCUT2D eigenvalue weighted by Crippen LogP contribution is -2.42. The molecular formula is C25H33IN6O2. The molecule has 4 rings (SSSR count). The minimum absolute atomic E-state index is 0. The molecule has 0 spiro atoms. The van der Waals surface area contributed by atoms with E-state index in [1.54, 1.807) is 7.11 Å². The van der Waals surface area contributed by atoms with E-state index in [9.17, 15) is 0 Å². The van der Waals surface area contributed by atoms with Crippen LogP contribution in [-0.4, -0.2) is 41.0 Å². The average molecular weight is 576 g/mol. The number of aryl methyl sites for hydroxylation is 2. The zero-order valence-electron chi connectivity index (χ0n) is 20.2. The molecule has 34 heavy (non-hydrogen) atoms. The molecule has 0 fully saturated rings. The van der Waals surface area contributed by atoms with Crippen molar-refractivity contribution in [2.45, 2.75) is 39.3 Å². The average Bonchev–Trinajstić information content (AvgIpc) is 3.15. The van der Waals surface area contributed by atoms with Crippen molar-refractivity contribution in [3.8, 4) is 11.5 Å². The van der Waals surface area contributed by atoms with Crippen LogP contribution in [0.4, 0.5) is 0 Å². The Morgan fingerprint density at radius 2 is 2.03 bits per heavy atom. The summed E-state index contributed by atoms with van der Waals surface area (Å²) in [5.74, 6) is 4.26. The second-order valence-electron chi connectivity index (χ2n) is 8.25. The Kier molecular flexibility index (Phi) is 9.14. The predicted molar refractivity (Wildman–Crippen MR) is 144 cm³/mol. The lowest BCUT2D eigenvalue weighted by molar-refractivity contribution is 0.261. The van der Waals surface area contributed by atoms with Crippen LogP contribution < -0.4 is 20.1 Å². The first-order valence-corrected chi connectivity index (χ1v) is 11.3. The number of para-hydroxylation sites is 1. The summed E-state index contributed by atoms with van der Waals surface area (Å²) in [6.07, 6.45) is 1.69. The van der Waals surface area contributed by atoms with Gasteiger partial charge in [0.2, 0.25) is 0 Å². The first-order valence-electron chi connectivity index (χ1n) is 11.3. The molecule has 0 radical (unpaired) electrons. The van der Waals surface area contributed by atoms with Gasteiger partial charge in [0.15, 0.2) is 11.8 Å². The second-order valence-corrected chi connectivity index (χ2v) is 8.25. The Morgan fingerprint density at radius 1 is 1.21 bits per heavy atom. The van der Waals surface area contributed by atoms with Crippen molar-refractivity contribution >= 4 is 29.9 Å². The van der Waals surface area contributed by atoms with E-state index in [0.717, 1.165) is 47.5 Å². The number of aromatic nitrogens is 3. The SMILES string of the molecule is COc1ccc(C)cc1CCNC(=NCc1nnc(C)n1C)NC1CCOc2ccccc21.I. The van der Waals surface area contributed by atoms with Gasteiger partial charge in [-0.15, -0.1) is 34.2 Å². The second kappa shape index (κ2) is 12.0. The maximum absolute atomic E-state index is 5.82. The molecule has 0 amide bonds. The summed E-state index contributed by atoms with van der Waals surface area (Å²) >= 11 is 0. The molecule has 1 aromatic heterocycles. The molecule has 2 aromatic carbocycles. The molecule has 8 nitrogen and oxygen atoms in total. The van der Waals surface area contributed by atoms with Crippen LogP contribution in [0, 0.1) is 13.8 Å². The van der Waals surface area contributed by atoms with Gasteiger partial charge in [0, 0.05) is 25.6 Å². The highest BCUT2D eigenvalue weighted by Crippen LogP contribution is 2.31. The van der Waals surface area contributed by atoms with Crippen molar-refractivity contribution in [3.63, 3.8) is 0 Å². The van der Waals surface area contributed by atoms with E-state index < -0.39 is 0 Å². The van der Waals surface area contributed by atoms with Gasteiger partial charge in [-0.1, -0.05) is 35.9 Å². The molecule has 0 aliphatic carbocycles. The van der Waals surface area contributed by atoms with E-state index in [1.807, 2.05) is 42.8 Å². The monoisotopic (exact) mass is 576 g/mol. The zero-order valence-corrected chi connectivity index (χ0v) is 22.5. The number of nitrogens with zero attached hydrogens (tertiary/aromatic N) is 4. The molecule has 0 saturated carbocycles.